The van der Waals surface area contributed by atoms with E-state index in [1.54, 1.807) is 0 Å². The van der Waals surface area contributed by atoms with Crippen LogP contribution in [0.15, 0.2) is 24.3 Å². The molecule has 1 aromatic carbocycles. The first-order valence-corrected chi connectivity index (χ1v) is 5.31. The highest BCUT2D eigenvalue weighted by molar-refractivity contribution is 5.20. The van der Waals surface area contributed by atoms with E-state index < -0.39 is 0 Å². The van der Waals surface area contributed by atoms with E-state index in [0.29, 0.717) is 0 Å². The highest BCUT2D eigenvalue weighted by Crippen LogP contribution is 2.09. The zero-order chi connectivity index (χ0) is 10.1. The Morgan fingerprint density at radius 2 is 1.79 bits per heavy atom. The van der Waals surface area contributed by atoms with Gasteiger partial charge in [-0.05, 0) is 24.6 Å². The molecule has 0 saturated carbocycles. The fraction of sp³-hybridized carbons (Fsp3) is 0.462. The minimum absolute atomic E-state index is 0.821. The van der Waals surface area contributed by atoms with E-state index >= 15 is 0 Å². The second kappa shape index (κ2) is 7.43. The third-order valence-corrected chi connectivity index (χ3v) is 2.10. The van der Waals surface area contributed by atoms with E-state index in [-0.39, 0.29) is 0 Å². The molecular weight excluding hydrogens is 172 g/mol. The maximum absolute atomic E-state index is 5.55. The lowest BCUT2D eigenvalue weighted by atomic mass is 10.2. The number of hydrogen-bond acceptors (Lipinski definition) is 1. The monoisotopic (exact) mass is 190 g/mol. The van der Waals surface area contributed by atoms with Crippen LogP contribution in [0.1, 0.15) is 32.1 Å². The van der Waals surface area contributed by atoms with Gasteiger partial charge in [0, 0.05) is 0 Å². The van der Waals surface area contributed by atoms with Crippen LogP contribution in [0.4, 0.5) is 0 Å². The molecule has 1 rings (SSSR count). The van der Waals surface area contributed by atoms with Crippen molar-refractivity contribution in [1.82, 2.24) is 0 Å². The number of rotatable bonds is 7. The minimum Gasteiger partial charge on any atom is -0.494 e. The molecule has 0 unspecified atom stereocenters. The number of ether oxygens (including phenoxy) is 1. The molecule has 0 spiro atoms. The Labute approximate surface area is 87.1 Å². The Balaban J connectivity index is 1.99. The molecule has 1 aromatic rings. The Kier molecular flexibility index (Phi) is 5.89. The Morgan fingerprint density at radius 1 is 1.07 bits per heavy atom. The molecule has 0 aliphatic heterocycles. The van der Waals surface area contributed by atoms with Crippen molar-refractivity contribution >= 4 is 0 Å². The van der Waals surface area contributed by atoms with Crippen LogP contribution in [0.3, 0.4) is 0 Å². The average molecular weight is 190 g/mol. The summed E-state index contributed by atoms with van der Waals surface area (Å²) >= 11 is 0. The zero-order valence-corrected chi connectivity index (χ0v) is 8.67. The van der Waals surface area contributed by atoms with E-state index in [2.05, 4.69) is 13.0 Å². The van der Waals surface area contributed by atoms with Gasteiger partial charge in [0.25, 0.3) is 0 Å². The summed E-state index contributed by atoms with van der Waals surface area (Å²) in [5.41, 5.74) is 0. The molecule has 14 heavy (non-hydrogen) atoms. The van der Waals surface area contributed by atoms with Gasteiger partial charge < -0.3 is 4.74 Å². The van der Waals surface area contributed by atoms with Gasteiger partial charge in [-0.1, -0.05) is 44.7 Å². The highest BCUT2D eigenvalue weighted by atomic mass is 16.5. The normalized spacial score (nSPS) is 10.1. The van der Waals surface area contributed by atoms with Crippen LogP contribution in [0.25, 0.3) is 0 Å². The van der Waals surface area contributed by atoms with Gasteiger partial charge in [-0.3, -0.25) is 0 Å². The van der Waals surface area contributed by atoms with Crippen molar-refractivity contribution < 1.29 is 4.74 Å². The Morgan fingerprint density at radius 3 is 2.50 bits per heavy atom. The fourth-order valence-electron chi connectivity index (χ4n) is 1.29. The first-order chi connectivity index (χ1) is 6.93. The maximum Gasteiger partial charge on any atom is 0.119 e. The molecule has 0 atom stereocenters. The lowest BCUT2D eigenvalue weighted by molar-refractivity contribution is 0.304. The lowest BCUT2D eigenvalue weighted by Crippen LogP contribution is -1.96. The number of hydrogen-bond donors (Lipinski definition) is 0. The van der Waals surface area contributed by atoms with Gasteiger partial charge in [-0.25, -0.2) is 0 Å². The summed E-state index contributed by atoms with van der Waals surface area (Å²) in [6.07, 6.45) is 5.94. The molecule has 0 bridgehead atoms. The van der Waals surface area contributed by atoms with Crippen LogP contribution in [-0.2, 0) is 0 Å². The first kappa shape index (κ1) is 11.1. The van der Waals surface area contributed by atoms with Gasteiger partial charge in [-0.15, -0.1) is 0 Å². The van der Waals surface area contributed by atoms with Crippen molar-refractivity contribution in [2.45, 2.75) is 32.1 Å². The van der Waals surface area contributed by atoms with Crippen LogP contribution in [0.2, 0.25) is 0 Å². The average Bonchev–Trinajstić information content (AvgIpc) is 2.25. The molecule has 0 aliphatic carbocycles. The molecule has 76 valence electrons. The summed E-state index contributed by atoms with van der Waals surface area (Å²) in [4.78, 5) is 0. The summed E-state index contributed by atoms with van der Waals surface area (Å²) < 4.78 is 5.55. The van der Waals surface area contributed by atoms with Gasteiger partial charge in [0.05, 0.1) is 6.61 Å². The second-order valence-electron chi connectivity index (χ2n) is 3.35. The van der Waals surface area contributed by atoms with Gasteiger partial charge >= 0.3 is 0 Å². The standard InChI is InChI=1S/C13H18O/c1-2-3-4-5-9-12-14-13-10-7-6-8-11-13/h7-8,10-11H,1-5,9,12H2. The van der Waals surface area contributed by atoms with Crippen molar-refractivity contribution in [2.75, 3.05) is 6.61 Å². The smallest absolute Gasteiger partial charge is 0.119 e. The van der Waals surface area contributed by atoms with Gasteiger partial charge in [0.1, 0.15) is 5.75 Å². The molecule has 2 radical (unpaired) electrons. The number of benzene rings is 1. The van der Waals surface area contributed by atoms with Gasteiger partial charge in [0.15, 0.2) is 0 Å². The molecule has 1 heteroatoms. The Hall–Kier alpha value is -0.980. The third-order valence-electron chi connectivity index (χ3n) is 2.10. The predicted molar refractivity (Wildman–Crippen MR) is 59.2 cm³/mol. The van der Waals surface area contributed by atoms with Crippen LogP contribution in [0, 0.1) is 13.0 Å². The molecule has 1 nitrogen and oxygen atoms in total. The van der Waals surface area contributed by atoms with Gasteiger partial charge in [0.2, 0.25) is 0 Å². The van der Waals surface area contributed by atoms with E-state index in [9.17, 15) is 0 Å². The molecule has 0 saturated heterocycles. The van der Waals surface area contributed by atoms with Crippen LogP contribution >= 0.6 is 0 Å². The zero-order valence-electron chi connectivity index (χ0n) is 8.67. The van der Waals surface area contributed by atoms with E-state index in [0.717, 1.165) is 25.2 Å². The van der Waals surface area contributed by atoms with Crippen molar-refractivity contribution in [1.29, 1.82) is 0 Å². The molecule has 0 heterocycles. The molecule has 0 N–H and O–H groups in total. The quantitative estimate of drug-likeness (QED) is 0.596. The van der Waals surface area contributed by atoms with E-state index in [1.807, 2.05) is 24.3 Å². The topological polar surface area (TPSA) is 9.23 Å². The van der Waals surface area contributed by atoms with Gasteiger partial charge in [-0.2, -0.15) is 0 Å². The molecule has 0 fully saturated rings. The maximum atomic E-state index is 5.55. The van der Waals surface area contributed by atoms with E-state index in [1.165, 1.54) is 19.3 Å². The largest absolute Gasteiger partial charge is 0.494 e. The summed E-state index contributed by atoms with van der Waals surface area (Å²) in [6.45, 7) is 4.64. The fourth-order valence-corrected chi connectivity index (χ4v) is 1.29. The molecule has 0 aromatic heterocycles. The Bertz CT molecular complexity index is 218. The third kappa shape index (κ3) is 4.90. The summed E-state index contributed by atoms with van der Waals surface area (Å²) in [7, 11) is 0. The van der Waals surface area contributed by atoms with Crippen molar-refractivity contribution in [3.05, 3.63) is 37.3 Å². The summed E-state index contributed by atoms with van der Waals surface area (Å²) in [6, 6.07) is 10.6. The van der Waals surface area contributed by atoms with Crippen molar-refractivity contribution in [3.8, 4) is 5.75 Å². The summed E-state index contributed by atoms with van der Waals surface area (Å²) in [5.74, 6) is 0.945. The van der Waals surface area contributed by atoms with Crippen molar-refractivity contribution in [3.63, 3.8) is 0 Å². The van der Waals surface area contributed by atoms with Crippen LogP contribution < -0.4 is 4.74 Å². The SMILES string of the molecule is [CH2]CCCCCCOc1cc[c]cc1. The molecular formula is C13H18O. The van der Waals surface area contributed by atoms with Crippen LogP contribution in [-0.4, -0.2) is 6.61 Å². The van der Waals surface area contributed by atoms with Crippen molar-refractivity contribution in [2.24, 2.45) is 0 Å². The summed E-state index contributed by atoms with van der Waals surface area (Å²) in [5, 5.41) is 0. The lowest BCUT2D eigenvalue weighted by Gasteiger charge is -2.04. The highest BCUT2D eigenvalue weighted by Gasteiger charge is 1.91. The first-order valence-electron chi connectivity index (χ1n) is 5.31. The molecule has 0 aliphatic rings. The molecule has 0 amide bonds. The van der Waals surface area contributed by atoms with E-state index in [4.69, 9.17) is 4.74 Å². The minimum atomic E-state index is 0.821. The van der Waals surface area contributed by atoms with Crippen LogP contribution in [0.5, 0.6) is 5.75 Å². The number of unbranched alkanes of at least 4 members (excludes halogenated alkanes) is 4. The predicted octanol–water partition coefficient (Wildman–Crippen LogP) is 3.65. The second-order valence-corrected chi connectivity index (χ2v) is 3.35.